The molecule has 1 saturated carbocycles. The first-order valence-electron chi connectivity index (χ1n) is 7.92. The van der Waals surface area contributed by atoms with Crippen LogP contribution < -0.4 is 5.32 Å². The Morgan fingerprint density at radius 3 is 2.67 bits per heavy atom. The highest BCUT2D eigenvalue weighted by Crippen LogP contribution is 2.26. The van der Waals surface area contributed by atoms with E-state index in [0.717, 1.165) is 12.1 Å². The summed E-state index contributed by atoms with van der Waals surface area (Å²) in [6.45, 7) is 0. The molecule has 1 heterocycles. The minimum absolute atomic E-state index is 0.0213. The number of nitrogens with zero attached hydrogens (tertiary/aromatic N) is 2. The van der Waals surface area contributed by atoms with Gasteiger partial charge in [0.1, 0.15) is 17.3 Å². The van der Waals surface area contributed by atoms with Gasteiger partial charge >= 0.3 is 0 Å². The van der Waals surface area contributed by atoms with Crippen molar-refractivity contribution >= 4 is 5.91 Å². The van der Waals surface area contributed by atoms with E-state index >= 15 is 0 Å². The SMILES string of the molecule is Cn1cc(C(=O)NC2CCC(O)CC2)c(-c2ccc(F)cc2F)n1. The number of aryl methyl sites for hydroxylation is 1. The summed E-state index contributed by atoms with van der Waals surface area (Å²) >= 11 is 0. The molecule has 1 fully saturated rings. The third-order valence-electron chi connectivity index (χ3n) is 4.29. The number of hydrogen-bond acceptors (Lipinski definition) is 3. The molecule has 3 rings (SSSR count). The van der Waals surface area contributed by atoms with Gasteiger partial charge in [0.2, 0.25) is 0 Å². The molecule has 0 aliphatic heterocycles. The molecule has 1 aliphatic carbocycles. The minimum atomic E-state index is -0.761. The summed E-state index contributed by atoms with van der Waals surface area (Å²) < 4.78 is 28.6. The number of aliphatic hydroxyl groups excluding tert-OH is 1. The van der Waals surface area contributed by atoms with E-state index in [2.05, 4.69) is 10.4 Å². The quantitative estimate of drug-likeness (QED) is 0.905. The van der Waals surface area contributed by atoms with Gasteiger partial charge in [-0.25, -0.2) is 8.78 Å². The Morgan fingerprint density at radius 2 is 2.00 bits per heavy atom. The van der Waals surface area contributed by atoms with E-state index in [4.69, 9.17) is 0 Å². The first-order chi connectivity index (χ1) is 11.4. The smallest absolute Gasteiger partial charge is 0.255 e. The van der Waals surface area contributed by atoms with Crippen LogP contribution >= 0.6 is 0 Å². The molecule has 0 bridgehead atoms. The predicted octanol–water partition coefficient (Wildman–Crippen LogP) is 2.40. The molecule has 128 valence electrons. The highest BCUT2D eigenvalue weighted by atomic mass is 19.1. The first-order valence-corrected chi connectivity index (χ1v) is 7.92. The van der Waals surface area contributed by atoms with Gasteiger partial charge in [0.05, 0.1) is 11.7 Å². The van der Waals surface area contributed by atoms with Gasteiger partial charge in [-0.2, -0.15) is 5.10 Å². The van der Waals surface area contributed by atoms with Crippen molar-refractivity contribution in [3.63, 3.8) is 0 Å². The van der Waals surface area contributed by atoms with Crippen molar-refractivity contribution in [3.8, 4) is 11.3 Å². The summed E-state index contributed by atoms with van der Waals surface area (Å²) in [5.41, 5.74) is 0.513. The number of amides is 1. The van der Waals surface area contributed by atoms with Crippen LogP contribution in [0.3, 0.4) is 0 Å². The van der Waals surface area contributed by atoms with Crippen LogP contribution in [0.4, 0.5) is 8.78 Å². The van der Waals surface area contributed by atoms with Crippen molar-refractivity contribution in [1.29, 1.82) is 0 Å². The number of rotatable bonds is 3. The Morgan fingerprint density at radius 1 is 1.29 bits per heavy atom. The Hall–Kier alpha value is -2.28. The molecular formula is C17H19F2N3O2. The molecule has 1 amide bonds. The number of nitrogens with one attached hydrogen (secondary N) is 1. The molecule has 1 aromatic carbocycles. The van der Waals surface area contributed by atoms with Crippen LogP contribution in [0.15, 0.2) is 24.4 Å². The van der Waals surface area contributed by atoms with E-state index in [9.17, 15) is 18.7 Å². The fourth-order valence-electron chi connectivity index (χ4n) is 3.02. The van der Waals surface area contributed by atoms with Gasteiger partial charge in [-0.05, 0) is 37.8 Å². The van der Waals surface area contributed by atoms with Gasteiger partial charge in [-0.3, -0.25) is 9.48 Å². The van der Waals surface area contributed by atoms with Crippen LogP contribution in [-0.2, 0) is 7.05 Å². The normalized spacial score (nSPS) is 20.8. The van der Waals surface area contributed by atoms with Gasteiger partial charge in [0.15, 0.2) is 0 Å². The average molecular weight is 335 g/mol. The molecule has 0 radical (unpaired) electrons. The molecule has 24 heavy (non-hydrogen) atoms. The average Bonchev–Trinajstić information content (AvgIpc) is 2.91. The lowest BCUT2D eigenvalue weighted by Gasteiger charge is -2.26. The molecule has 5 nitrogen and oxygen atoms in total. The van der Waals surface area contributed by atoms with Crippen molar-refractivity contribution in [2.75, 3.05) is 0 Å². The van der Waals surface area contributed by atoms with E-state index in [0.29, 0.717) is 25.7 Å². The van der Waals surface area contributed by atoms with Gasteiger partial charge in [-0.15, -0.1) is 0 Å². The largest absolute Gasteiger partial charge is 0.393 e. The number of hydrogen-bond donors (Lipinski definition) is 2. The zero-order valence-electron chi connectivity index (χ0n) is 13.3. The maximum Gasteiger partial charge on any atom is 0.255 e. The van der Waals surface area contributed by atoms with Crippen molar-refractivity contribution in [3.05, 3.63) is 41.6 Å². The van der Waals surface area contributed by atoms with Gasteiger partial charge in [0, 0.05) is 30.9 Å². The topological polar surface area (TPSA) is 67.2 Å². The summed E-state index contributed by atoms with van der Waals surface area (Å²) in [5, 5.41) is 16.6. The summed E-state index contributed by atoms with van der Waals surface area (Å²) in [4.78, 5) is 12.6. The van der Waals surface area contributed by atoms with Crippen LogP contribution in [0, 0.1) is 11.6 Å². The zero-order chi connectivity index (χ0) is 17.3. The van der Waals surface area contributed by atoms with Crippen LogP contribution in [0.25, 0.3) is 11.3 Å². The molecule has 2 aromatic rings. The van der Waals surface area contributed by atoms with Crippen molar-refractivity contribution < 1.29 is 18.7 Å². The zero-order valence-corrected chi connectivity index (χ0v) is 13.3. The van der Waals surface area contributed by atoms with Gasteiger partial charge < -0.3 is 10.4 Å². The highest BCUT2D eigenvalue weighted by molar-refractivity contribution is 6.00. The van der Waals surface area contributed by atoms with Crippen molar-refractivity contribution in [2.24, 2.45) is 7.05 Å². The highest BCUT2D eigenvalue weighted by Gasteiger charge is 2.24. The van der Waals surface area contributed by atoms with E-state index in [1.807, 2.05) is 0 Å². The number of benzene rings is 1. The molecule has 7 heteroatoms. The third-order valence-corrected chi connectivity index (χ3v) is 4.29. The lowest BCUT2D eigenvalue weighted by Crippen LogP contribution is -2.38. The maximum atomic E-state index is 14.0. The maximum absolute atomic E-state index is 14.0. The molecular weight excluding hydrogens is 316 g/mol. The standard InChI is InChI=1S/C17H19F2N3O2/c1-22-9-14(17(24)20-11-3-5-12(23)6-4-11)16(21-22)13-7-2-10(18)8-15(13)19/h2,7-9,11-12,23H,3-6H2,1H3,(H,20,24). The summed E-state index contributed by atoms with van der Waals surface area (Å²) in [5.74, 6) is -1.79. The molecule has 1 aliphatic rings. The molecule has 0 saturated heterocycles. The Kier molecular flexibility index (Phi) is 4.62. The number of carbonyl (C=O) groups excluding carboxylic acids is 1. The molecule has 2 N–H and O–H groups in total. The van der Waals surface area contributed by atoms with E-state index in [1.165, 1.54) is 16.9 Å². The Bertz CT molecular complexity index is 752. The lowest BCUT2D eigenvalue weighted by molar-refractivity contribution is 0.0868. The van der Waals surface area contributed by atoms with Crippen molar-refractivity contribution in [1.82, 2.24) is 15.1 Å². The predicted molar refractivity (Wildman–Crippen MR) is 84.3 cm³/mol. The molecule has 0 unspecified atom stereocenters. The number of aliphatic hydroxyl groups is 1. The van der Waals surface area contributed by atoms with E-state index < -0.39 is 11.6 Å². The van der Waals surface area contributed by atoms with Crippen LogP contribution in [0.1, 0.15) is 36.0 Å². The van der Waals surface area contributed by atoms with Crippen LogP contribution in [-0.4, -0.2) is 32.9 Å². The van der Waals surface area contributed by atoms with Crippen LogP contribution in [0.2, 0.25) is 0 Å². The van der Waals surface area contributed by atoms with Crippen LogP contribution in [0.5, 0.6) is 0 Å². The second-order valence-electron chi connectivity index (χ2n) is 6.17. The number of halogens is 2. The fraction of sp³-hybridized carbons (Fsp3) is 0.412. The Labute approximate surface area is 138 Å². The second-order valence-corrected chi connectivity index (χ2v) is 6.17. The second kappa shape index (κ2) is 6.68. The van der Waals surface area contributed by atoms with Gasteiger partial charge in [0.25, 0.3) is 5.91 Å². The number of aromatic nitrogens is 2. The van der Waals surface area contributed by atoms with E-state index in [-0.39, 0.29) is 34.9 Å². The molecule has 0 atom stereocenters. The minimum Gasteiger partial charge on any atom is -0.393 e. The molecule has 1 aromatic heterocycles. The third kappa shape index (κ3) is 3.46. The summed E-state index contributed by atoms with van der Waals surface area (Å²) in [6.07, 6.45) is 3.92. The molecule has 0 spiro atoms. The first kappa shape index (κ1) is 16.6. The van der Waals surface area contributed by atoms with Crippen molar-refractivity contribution in [2.45, 2.75) is 37.8 Å². The lowest BCUT2D eigenvalue weighted by atomic mass is 9.93. The summed E-state index contributed by atoms with van der Waals surface area (Å²) in [6, 6.07) is 3.17. The summed E-state index contributed by atoms with van der Waals surface area (Å²) in [7, 11) is 1.64. The number of carbonyl (C=O) groups is 1. The monoisotopic (exact) mass is 335 g/mol. The van der Waals surface area contributed by atoms with Gasteiger partial charge in [-0.1, -0.05) is 0 Å². The fourth-order valence-corrected chi connectivity index (χ4v) is 3.02. The Balaban J connectivity index is 1.84. The van der Waals surface area contributed by atoms with E-state index in [1.54, 1.807) is 7.05 Å².